The number of pyridine rings is 4. The van der Waals surface area contributed by atoms with Crippen LogP contribution in [-0.4, -0.2) is 71.6 Å². The van der Waals surface area contributed by atoms with Crippen LogP contribution in [0.15, 0.2) is 126 Å². The number of benzene rings is 4. The Morgan fingerprint density at radius 2 is 0.963 bits per heavy atom. The van der Waals surface area contributed by atoms with Crippen LogP contribution >= 0.6 is 23.4 Å². The molecule has 12 nitrogen and oxygen atoms in total. The van der Waals surface area contributed by atoms with Gasteiger partial charge >= 0.3 is 29.6 Å². The summed E-state index contributed by atoms with van der Waals surface area (Å²) in [5.41, 5.74) is 10.7. The van der Waals surface area contributed by atoms with Crippen molar-refractivity contribution in [3.8, 4) is 45.3 Å². The molecule has 0 aliphatic rings. The number of halogens is 6. The summed E-state index contributed by atoms with van der Waals surface area (Å²) < 4.78 is 84.2. The van der Waals surface area contributed by atoms with E-state index in [2.05, 4.69) is 53.0 Å². The van der Waals surface area contributed by atoms with Crippen LogP contribution in [0.2, 0.25) is 5.02 Å². The molecule has 6 aromatic heterocycles. The normalized spacial score (nSPS) is 10.7. The van der Waals surface area contributed by atoms with Gasteiger partial charge in [-0.3, -0.25) is 23.9 Å². The standard InChI is InChI=1S/C30H24F2N4O2S.C29H21ClF2N4O2.CH3F.CH4S.Na/c1-16-13-23-28(34-17(16)2)26(11-12-33-23)38-25-10-5-19(14-22(25)32)15-24(37)29-30(39-4)27(18(3)35-36-29)20-6-8-21(31)9-7-20;1-15-12-22-28(34-16(15)2)25(10-11-33-22)38-24-9-4-18(13-21(24)32)14-23(37)29-27(30)26(17(3)35-36-29)19-5-7-20(31)8-6-19;2*1-2;/h5-14H,15H2,1-4H3;4-13H,14H2,1-3H3;1H3;2H,1H3;/q;;;;+1/p-1/i;;1D;;. The molecule has 0 bridgehead atoms. The molecule has 10 aromatic rings. The smallest absolute Gasteiger partial charge is 0.796 e. The van der Waals surface area contributed by atoms with Crippen molar-refractivity contribution >= 4 is 69.6 Å². The maximum atomic E-state index is 15.1. The van der Waals surface area contributed by atoms with Gasteiger partial charge in [0.05, 0.1) is 36.0 Å². The zero-order chi connectivity index (χ0) is 59.4. The SMILES string of the molecule is CSc1c(C(=O)Cc2ccc(Oc3ccnc4cc(C)c(C)nc34)c(F)c2)nnc(C)c1-c1ccc(F)cc1.C[S-].Cc1cc2nccc(Oc3ccc(CC(=O)c4nnc(C)c(-c5ccc(F)cc5)c4Cl)cc3F)c2nc1C.[2H]CF.[Na+]. The predicted octanol–water partition coefficient (Wildman–Crippen LogP) is 12.1. The van der Waals surface area contributed by atoms with Gasteiger partial charge in [0.25, 0.3) is 0 Å². The Labute approximate surface area is 508 Å². The van der Waals surface area contributed by atoms with Crippen molar-refractivity contribution < 1.29 is 71.9 Å². The maximum absolute atomic E-state index is 15.1. The quantitative estimate of drug-likeness (QED) is 0.0353. The van der Waals surface area contributed by atoms with Gasteiger partial charge in [-0.05, 0) is 142 Å². The fourth-order valence-corrected chi connectivity index (χ4v) is 9.56. The van der Waals surface area contributed by atoms with E-state index >= 15 is 8.78 Å². The Morgan fingerprint density at radius 1 is 0.561 bits per heavy atom. The van der Waals surface area contributed by atoms with Crippen molar-refractivity contribution in [3.05, 3.63) is 206 Å². The van der Waals surface area contributed by atoms with Gasteiger partial charge in [0, 0.05) is 64.8 Å². The maximum Gasteiger partial charge on any atom is 1.00 e. The predicted molar refractivity (Wildman–Crippen MR) is 308 cm³/mol. The molecule has 0 spiro atoms. The fourth-order valence-electron chi connectivity index (χ4n) is 8.35. The van der Waals surface area contributed by atoms with Crippen molar-refractivity contribution in [1.82, 2.24) is 40.3 Å². The second-order valence-corrected chi connectivity index (χ2v) is 19.1. The van der Waals surface area contributed by atoms with E-state index < -0.39 is 30.4 Å². The number of thioether (sulfide) groups is 1. The zero-order valence-corrected chi connectivity index (χ0v) is 50.4. The average molecular weight is 1180 g/mol. The van der Waals surface area contributed by atoms with Crippen LogP contribution in [0.25, 0.3) is 44.3 Å². The van der Waals surface area contributed by atoms with E-state index in [1.807, 2.05) is 46.1 Å². The van der Waals surface area contributed by atoms with Gasteiger partial charge in [0.15, 0.2) is 46.2 Å². The first-order valence-corrected chi connectivity index (χ1v) is 27.0. The van der Waals surface area contributed by atoms with Gasteiger partial charge in [-0.25, -0.2) is 27.5 Å². The molecule has 0 N–H and O–H groups in total. The number of alkyl halides is 1. The first-order valence-electron chi connectivity index (χ1n) is 25.2. The van der Waals surface area contributed by atoms with Crippen LogP contribution < -0.4 is 39.0 Å². The molecule has 0 radical (unpaired) electrons. The Morgan fingerprint density at radius 3 is 1.39 bits per heavy atom. The molecule has 0 saturated carbocycles. The number of hydrogen-bond acceptors (Lipinski definition) is 14. The number of carbonyl (C=O) groups excluding carboxylic acids is 2. The monoisotopic (exact) mass is 1180 g/mol. The van der Waals surface area contributed by atoms with E-state index in [-0.39, 0.29) is 81.9 Å². The summed E-state index contributed by atoms with van der Waals surface area (Å²) in [7, 11) is -1.00. The fraction of sp³-hybridized carbons (Fsp3) is 0.180. The third-order valence-corrected chi connectivity index (χ3v) is 13.8. The van der Waals surface area contributed by atoms with Gasteiger partial charge < -0.3 is 22.1 Å². The summed E-state index contributed by atoms with van der Waals surface area (Å²) in [5, 5.41) is 16.5. The summed E-state index contributed by atoms with van der Waals surface area (Å²) in [6.07, 6.45) is 6.35. The second-order valence-electron chi connectivity index (χ2n) is 17.9. The number of ether oxygens (including phenoxy) is 2. The van der Waals surface area contributed by atoms with Crippen LogP contribution in [-0.2, 0) is 25.5 Å². The molecule has 82 heavy (non-hydrogen) atoms. The Balaban J connectivity index is 0.000000245. The number of carbonyl (C=O) groups is 2. The number of aryl methyl sites for hydroxylation is 6. The van der Waals surface area contributed by atoms with E-state index in [4.69, 9.17) is 22.4 Å². The van der Waals surface area contributed by atoms with Crippen molar-refractivity contribution in [2.45, 2.75) is 59.3 Å². The molecule has 10 rings (SSSR count). The molecule has 0 saturated heterocycles. The molecule has 0 atom stereocenters. The van der Waals surface area contributed by atoms with E-state index in [0.29, 0.717) is 72.1 Å². The molecule has 414 valence electrons. The number of ketones is 2. The summed E-state index contributed by atoms with van der Waals surface area (Å²) in [5.74, 6) is -1.99. The molecular weight excluding hydrogens is 1130 g/mol. The minimum Gasteiger partial charge on any atom is -0.796 e. The first kappa shape index (κ1) is 62.3. The minimum atomic E-state index is -1.00. The second kappa shape index (κ2) is 29.1. The Kier molecular flexibility index (Phi) is 22.1. The topological polar surface area (TPSA) is 156 Å². The van der Waals surface area contributed by atoms with Crippen LogP contribution in [0, 0.1) is 64.8 Å². The molecule has 0 unspecified atom stereocenters. The number of fused-ring (bicyclic) bond motifs is 2. The van der Waals surface area contributed by atoms with E-state index in [0.717, 1.165) is 33.6 Å². The van der Waals surface area contributed by atoms with Crippen LogP contribution in [0.5, 0.6) is 23.0 Å². The Hall–Kier alpha value is -7.26. The number of rotatable bonds is 13. The number of hydrogen-bond donors (Lipinski definition) is 0. The third kappa shape index (κ3) is 14.9. The van der Waals surface area contributed by atoms with E-state index in [9.17, 15) is 22.8 Å². The molecule has 4 aromatic carbocycles. The zero-order valence-electron chi connectivity index (χ0n) is 47.0. The Bertz CT molecular complexity index is 3990. The number of nitrogens with zero attached hydrogens (tertiary/aromatic N) is 8. The largest absolute Gasteiger partial charge is 1.00 e. The summed E-state index contributed by atoms with van der Waals surface area (Å²) in [6.45, 7) is 11.1. The number of Topliss-reactive ketones (excluding diaryl/α,β-unsaturated/α-hetero) is 2. The van der Waals surface area contributed by atoms with E-state index in [1.54, 1.807) is 81.0 Å². The molecule has 0 aliphatic carbocycles. The first-order chi connectivity index (χ1) is 39.4. The van der Waals surface area contributed by atoms with Crippen molar-refractivity contribution in [2.75, 3.05) is 19.7 Å². The summed E-state index contributed by atoms with van der Waals surface area (Å²) in [6, 6.07) is 27.5. The van der Waals surface area contributed by atoms with Gasteiger partial charge in [0.1, 0.15) is 34.1 Å². The summed E-state index contributed by atoms with van der Waals surface area (Å²) >= 11 is 12.0. The summed E-state index contributed by atoms with van der Waals surface area (Å²) in [4.78, 5) is 44.7. The van der Waals surface area contributed by atoms with Crippen molar-refractivity contribution in [2.24, 2.45) is 0 Å². The van der Waals surface area contributed by atoms with Crippen molar-refractivity contribution in [3.63, 3.8) is 0 Å². The average Bonchev–Trinajstić information content (AvgIpc) is 3.52. The molecule has 0 aliphatic heterocycles. The van der Waals surface area contributed by atoms with Crippen LogP contribution in [0.1, 0.15) is 67.4 Å². The van der Waals surface area contributed by atoms with E-state index in [1.165, 1.54) is 60.3 Å². The van der Waals surface area contributed by atoms with Crippen LogP contribution in [0.4, 0.5) is 22.0 Å². The van der Waals surface area contributed by atoms with Gasteiger partial charge in [-0.1, -0.05) is 48.0 Å². The molecule has 0 amide bonds. The molecular formula is C61H51ClF5N8NaO4S2. The molecule has 21 heteroatoms. The van der Waals surface area contributed by atoms with Gasteiger partial charge in [-0.15, -0.1) is 22.0 Å². The number of aromatic nitrogens is 8. The molecule has 0 fully saturated rings. The van der Waals surface area contributed by atoms with Crippen LogP contribution in [0.3, 0.4) is 0 Å². The van der Waals surface area contributed by atoms with Gasteiger partial charge in [-0.2, -0.15) is 16.5 Å². The molecule has 6 heterocycles. The minimum absolute atomic E-state index is 0. The van der Waals surface area contributed by atoms with Gasteiger partial charge in [0.2, 0.25) is 0 Å². The third-order valence-electron chi connectivity index (χ3n) is 12.6. The van der Waals surface area contributed by atoms with Crippen molar-refractivity contribution in [1.29, 1.82) is 0 Å².